The van der Waals surface area contributed by atoms with Gasteiger partial charge in [0, 0.05) is 13.0 Å². The van der Waals surface area contributed by atoms with Crippen LogP contribution in [0.2, 0.25) is 0 Å². The molecule has 2 atom stereocenters. The fourth-order valence-corrected chi connectivity index (χ4v) is 2.46. The third-order valence-electron chi connectivity index (χ3n) is 3.43. The lowest BCUT2D eigenvalue weighted by atomic mass is 10.00. The van der Waals surface area contributed by atoms with Crippen molar-refractivity contribution in [2.75, 3.05) is 6.54 Å². The quantitative estimate of drug-likeness (QED) is 0.888. The van der Waals surface area contributed by atoms with Crippen molar-refractivity contribution in [1.82, 2.24) is 10.2 Å². The summed E-state index contributed by atoms with van der Waals surface area (Å²) in [6.45, 7) is 4.39. The van der Waals surface area contributed by atoms with Gasteiger partial charge in [-0.15, -0.1) is 0 Å². The summed E-state index contributed by atoms with van der Waals surface area (Å²) in [7, 11) is 0. The molecule has 0 unspecified atom stereocenters. The smallest absolute Gasteiger partial charge is 0.245 e. The lowest BCUT2D eigenvalue weighted by Gasteiger charge is -2.38. The molecular formula is C15H20N2O2. The minimum absolute atomic E-state index is 0.0161. The highest BCUT2D eigenvalue weighted by Crippen LogP contribution is 2.15. The van der Waals surface area contributed by atoms with Crippen LogP contribution in [0, 0.1) is 0 Å². The fourth-order valence-electron chi connectivity index (χ4n) is 2.46. The van der Waals surface area contributed by atoms with Crippen LogP contribution in [0.5, 0.6) is 0 Å². The van der Waals surface area contributed by atoms with Crippen molar-refractivity contribution in [2.45, 2.75) is 38.8 Å². The van der Waals surface area contributed by atoms with Crippen molar-refractivity contribution in [3.63, 3.8) is 0 Å². The number of carbonyl (C=O) groups is 2. The van der Waals surface area contributed by atoms with Crippen LogP contribution in [0.4, 0.5) is 0 Å². The van der Waals surface area contributed by atoms with Crippen LogP contribution in [0.15, 0.2) is 30.3 Å². The first-order valence-electron chi connectivity index (χ1n) is 6.78. The predicted octanol–water partition coefficient (Wildman–Crippen LogP) is 1.35. The fraction of sp³-hybridized carbons (Fsp3) is 0.467. The Kier molecular flexibility index (Phi) is 4.20. The van der Waals surface area contributed by atoms with Gasteiger partial charge in [0.1, 0.15) is 12.1 Å². The Morgan fingerprint density at radius 1 is 1.21 bits per heavy atom. The molecule has 102 valence electrons. The molecule has 1 heterocycles. The Morgan fingerprint density at radius 3 is 2.53 bits per heavy atom. The van der Waals surface area contributed by atoms with E-state index in [1.165, 1.54) is 0 Å². The molecule has 1 aliphatic rings. The number of piperazine rings is 1. The van der Waals surface area contributed by atoms with Gasteiger partial charge in [0.2, 0.25) is 11.8 Å². The maximum absolute atomic E-state index is 12.2. The lowest BCUT2D eigenvalue weighted by Crippen LogP contribution is -2.63. The van der Waals surface area contributed by atoms with E-state index in [1.807, 2.05) is 37.3 Å². The molecule has 1 aromatic carbocycles. The Balaban J connectivity index is 2.19. The van der Waals surface area contributed by atoms with Crippen molar-refractivity contribution in [2.24, 2.45) is 0 Å². The van der Waals surface area contributed by atoms with Gasteiger partial charge in [-0.2, -0.15) is 0 Å². The zero-order valence-electron chi connectivity index (χ0n) is 11.4. The molecule has 0 spiro atoms. The average Bonchev–Trinajstić information content (AvgIpc) is 2.41. The number of benzene rings is 1. The van der Waals surface area contributed by atoms with E-state index in [4.69, 9.17) is 0 Å². The van der Waals surface area contributed by atoms with Crippen molar-refractivity contribution >= 4 is 11.8 Å². The Morgan fingerprint density at radius 2 is 1.89 bits per heavy atom. The maximum Gasteiger partial charge on any atom is 0.245 e. The van der Waals surface area contributed by atoms with Crippen molar-refractivity contribution < 1.29 is 9.59 Å². The molecule has 1 fully saturated rings. The first-order chi connectivity index (χ1) is 9.13. The highest BCUT2D eigenvalue weighted by atomic mass is 16.2. The molecule has 0 saturated carbocycles. The van der Waals surface area contributed by atoms with Crippen LogP contribution in [0.3, 0.4) is 0 Å². The molecule has 19 heavy (non-hydrogen) atoms. The van der Waals surface area contributed by atoms with Crippen molar-refractivity contribution in [3.8, 4) is 0 Å². The monoisotopic (exact) mass is 260 g/mol. The van der Waals surface area contributed by atoms with E-state index >= 15 is 0 Å². The van der Waals surface area contributed by atoms with Gasteiger partial charge >= 0.3 is 0 Å². The highest BCUT2D eigenvalue weighted by Gasteiger charge is 2.37. The van der Waals surface area contributed by atoms with Crippen LogP contribution in [-0.2, 0) is 16.0 Å². The molecule has 2 amide bonds. The zero-order chi connectivity index (χ0) is 13.8. The molecule has 1 aromatic rings. The molecule has 4 heteroatoms. The number of amides is 2. The summed E-state index contributed by atoms with van der Waals surface area (Å²) in [5.74, 6) is -0.0354. The molecule has 0 aliphatic carbocycles. The highest BCUT2D eigenvalue weighted by molar-refractivity contribution is 5.96. The molecule has 1 aliphatic heterocycles. The molecule has 1 saturated heterocycles. The number of hydrogen-bond donors (Lipinski definition) is 1. The van der Waals surface area contributed by atoms with E-state index in [-0.39, 0.29) is 17.9 Å². The molecule has 2 rings (SSSR count). The van der Waals surface area contributed by atoms with Gasteiger partial charge in [0.15, 0.2) is 0 Å². The van der Waals surface area contributed by atoms with Crippen LogP contribution in [0.25, 0.3) is 0 Å². The second-order valence-electron chi connectivity index (χ2n) is 4.97. The van der Waals surface area contributed by atoms with E-state index in [1.54, 1.807) is 11.8 Å². The average molecular weight is 260 g/mol. The largest absolute Gasteiger partial charge is 0.343 e. The Bertz CT molecular complexity index is 458. The predicted molar refractivity (Wildman–Crippen MR) is 73.5 cm³/mol. The SMILES string of the molecule is CCCN1C(=O)[C@H](C)NC(=O)[C@@H]1Cc1ccccc1. The van der Waals surface area contributed by atoms with Gasteiger partial charge in [0.05, 0.1) is 0 Å². The topological polar surface area (TPSA) is 49.4 Å². The van der Waals surface area contributed by atoms with Gasteiger partial charge in [-0.1, -0.05) is 37.3 Å². The second-order valence-corrected chi connectivity index (χ2v) is 4.97. The number of nitrogens with one attached hydrogen (secondary N) is 1. The Labute approximate surface area is 113 Å². The van der Waals surface area contributed by atoms with Crippen molar-refractivity contribution in [3.05, 3.63) is 35.9 Å². The van der Waals surface area contributed by atoms with E-state index in [9.17, 15) is 9.59 Å². The summed E-state index contributed by atoms with van der Waals surface area (Å²) in [6.07, 6.45) is 1.43. The summed E-state index contributed by atoms with van der Waals surface area (Å²) in [5.41, 5.74) is 1.08. The second kappa shape index (κ2) is 5.87. The summed E-state index contributed by atoms with van der Waals surface area (Å²) >= 11 is 0. The number of nitrogens with zero attached hydrogens (tertiary/aromatic N) is 1. The molecule has 0 radical (unpaired) electrons. The molecule has 1 N–H and O–H groups in total. The van der Waals surface area contributed by atoms with Gasteiger partial charge in [0.25, 0.3) is 0 Å². The summed E-state index contributed by atoms with van der Waals surface area (Å²) in [5, 5.41) is 2.76. The Hall–Kier alpha value is -1.84. The van der Waals surface area contributed by atoms with Crippen LogP contribution < -0.4 is 5.32 Å². The van der Waals surface area contributed by atoms with Crippen LogP contribution in [0.1, 0.15) is 25.8 Å². The van der Waals surface area contributed by atoms with E-state index < -0.39 is 6.04 Å². The minimum atomic E-state index is -0.411. The van der Waals surface area contributed by atoms with Gasteiger partial charge in [-0.05, 0) is 18.9 Å². The summed E-state index contributed by atoms with van der Waals surface area (Å²) in [6, 6.07) is 9.02. The third kappa shape index (κ3) is 2.95. The number of carbonyl (C=O) groups excluding carboxylic acids is 2. The van der Waals surface area contributed by atoms with E-state index in [2.05, 4.69) is 5.32 Å². The van der Waals surface area contributed by atoms with Crippen LogP contribution >= 0.6 is 0 Å². The first kappa shape index (κ1) is 13.6. The molecular weight excluding hydrogens is 240 g/mol. The van der Waals surface area contributed by atoms with E-state index in [0.29, 0.717) is 13.0 Å². The van der Waals surface area contributed by atoms with Crippen LogP contribution in [-0.4, -0.2) is 35.3 Å². The lowest BCUT2D eigenvalue weighted by molar-refractivity contribution is -0.148. The standard InChI is InChI=1S/C15H20N2O2/c1-3-9-17-13(10-12-7-5-4-6-8-12)14(18)16-11(2)15(17)19/h4-8,11,13H,3,9-10H2,1-2H3,(H,16,18)/t11-,13-/m0/s1. The number of rotatable bonds is 4. The summed E-state index contributed by atoms with van der Waals surface area (Å²) < 4.78 is 0. The zero-order valence-corrected chi connectivity index (χ0v) is 11.4. The van der Waals surface area contributed by atoms with Crippen molar-refractivity contribution in [1.29, 1.82) is 0 Å². The van der Waals surface area contributed by atoms with Gasteiger partial charge < -0.3 is 10.2 Å². The molecule has 4 nitrogen and oxygen atoms in total. The molecule has 0 bridgehead atoms. The van der Waals surface area contributed by atoms with E-state index in [0.717, 1.165) is 12.0 Å². The minimum Gasteiger partial charge on any atom is -0.343 e. The normalized spacial score (nSPS) is 23.4. The third-order valence-corrected chi connectivity index (χ3v) is 3.43. The maximum atomic E-state index is 12.2. The number of hydrogen-bond acceptors (Lipinski definition) is 2. The molecule has 0 aromatic heterocycles. The summed E-state index contributed by atoms with van der Waals surface area (Å²) in [4.78, 5) is 26.0. The van der Waals surface area contributed by atoms with Gasteiger partial charge in [-0.3, -0.25) is 9.59 Å². The van der Waals surface area contributed by atoms with Gasteiger partial charge in [-0.25, -0.2) is 0 Å². The first-order valence-corrected chi connectivity index (χ1v) is 6.78.